The zero-order valence-corrected chi connectivity index (χ0v) is 14.4. The molecular formula is C15H23BrN4O. The monoisotopic (exact) mass is 354 g/mol. The van der Waals surface area contributed by atoms with Crippen LogP contribution in [0.15, 0.2) is 4.47 Å². The van der Waals surface area contributed by atoms with Crippen LogP contribution in [0.2, 0.25) is 0 Å². The molecule has 5 nitrogen and oxygen atoms in total. The molecule has 0 bridgehead atoms. The molecule has 0 saturated carbocycles. The molecule has 2 aliphatic rings. The molecule has 0 radical (unpaired) electrons. The van der Waals surface area contributed by atoms with E-state index in [0.717, 1.165) is 35.5 Å². The fourth-order valence-electron chi connectivity index (χ4n) is 3.47. The van der Waals surface area contributed by atoms with E-state index in [0.29, 0.717) is 19.0 Å². The summed E-state index contributed by atoms with van der Waals surface area (Å²) < 4.78 is 2.98. The highest BCUT2D eigenvalue weighted by molar-refractivity contribution is 9.10. The van der Waals surface area contributed by atoms with Crippen molar-refractivity contribution in [3.63, 3.8) is 0 Å². The summed E-state index contributed by atoms with van der Waals surface area (Å²) in [6.45, 7) is 8.74. The number of aryl methyl sites for hydroxylation is 2. The van der Waals surface area contributed by atoms with E-state index in [4.69, 9.17) is 0 Å². The first-order chi connectivity index (χ1) is 10.1. The van der Waals surface area contributed by atoms with Gasteiger partial charge in [-0.1, -0.05) is 0 Å². The summed E-state index contributed by atoms with van der Waals surface area (Å²) in [6, 6.07) is 0.602. The normalized spacial score (nSPS) is 22.6. The zero-order chi connectivity index (χ0) is 15.0. The first kappa shape index (κ1) is 15.0. The van der Waals surface area contributed by atoms with Gasteiger partial charge in [-0.2, -0.15) is 5.10 Å². The minimum absolute atomic E-state index is 0.269. The number of amides is 1. The van der Waals surface area contributed by atoms with Gasteiger partial charge in [0.15, 0.2) is 0 Å². The second kappa shape index (κ2) is 6.08. The highest BCUT2D eigenvalue weighted by atomic mass is 79.9. The molecule has 3 rings (SSSR count). The van der Waals surface area contributed by atoms with Gasteiger partial charge in [-0.3, -0.25) is 14.4 Å². The van der Waals surface area contributed by atoms with Crippen LogP contribution >= 0.6 is 15.9 Å². The van der Waals surface area contributed by atoms with Gasteiger partial charge >= 0.3 is 0 Å². The Hall–Kier alpha value is -0.880. The smallest absolute Gasteiger partial charge is 0.224 e. The van der Waals surface area contributed by atoms with E-state index in [9.17, 15) is 4.79 Å². The Labute approximate surface area is 134 Å². The van der Waals surface area contributed by atoms with Crippen LogP contribution in [0.4, 0.5) is 0 Å². The van der Waals surface area contributed by atoms with Crippen LogP contribution in [-0.2, 0) is 11.3 Å². The number of nitrogens with zero attached hydrogens (tertiary/aromatic N) is 4. The van der Waals surface area contributed by atoms with Gasteiger partial charge in [0.05, 0.1) is 16.7 Å². The number of hydrogen-bond acceptors (Lipinski definition) is 3. The second-order valence-electron chi connectivity index (χ2n) is 6.13. The van der Waals surface area contributed by atoms with Gasteiger partial charge in [-0.15, -0.1) is 0 Å². The van der Waals surface area contributed by atoms with Crippen LogP contribution in [-0.4, -0.2) is 57.7 Å². The van der Waals surface area contributed by atoms with Crippen molar-refractivity contribution in [2.45, 2.75) is 45.7 Å². The van der Waals surface area contributed by atoms with Crippen molar-refractivity contribution in [2.75, 3.05) is 26.2 Å². The number of carbonyl (C=O) groups is 1. The minimum atomic E-state index is 0.269. The van der Waals surface area contributed by atoms with Gasteiger partial charge in [0.25, 0.3) is 0 Å². The molecule has 2 aliphatic heterocycles. The highest BCUT2D eigenvalue weighted by Gasteiger charge is 2.32. The van der Waals surface area contributed by atoms with Gasteiger partial charge < -0.3 is 4.90 Å². The molecule has 6 heteroatoms. The van der Waals surface area contributed by atoms with Crippen molar-refractivity contribution in [3.05, 3.63) is 15.9 Å². The lowest BCUT2D eigenvalue weighted by molar-refractivity contribution is -0.134. The lowest BCUT2D eigenvalue weighted by Gasteiger charge is -2.37. The SMILES string of the molecule is Cc1nn(CCC(=O)N2CCN3CCCC3C2)c(C)c1Br. The largest absolute Gasteiger partial charge is 0.340 e. The average molecular weight is 355 g/mol. The third kappa shape index (κ3) is 3.01. The number of fused-ring (bicyclic) bond motifs is 1. The summed E-state index contributed by atoms with van der Waals surface area (Å²) in [7, 11) is 0. The maximum Gasteiger partial charge on any atom is 0.224 e. The molecule has 1 atom stereocenters. The summed E-state index contributed by atoms with van der Waals surface area (Å²) >= 11 is 3.53. The highest BCUT2D eigenvalue weighted by Crippen LogP contribution is 2.22. The first-order valence-corrected chi connectivity index (χ1v) is 8.57. The molecule has 2 saturated heterocycles. The van der Waals surface area contributed by atoms with E-state index < -0.39 is 0 Å². The molecule has 116 valence electrons. The van der Waals surface area contributed by atoms with Crippen LogP contribution in [0.3, 0.4) is 0 Å². The number of piperazine rings is 1. The molecule has 21 heavy (non-hydrogen) atoms. The molecule has 0 N–H and O–H groups in total. The van der Waals surface area contributed by atoms with E-state index in [1.165, 1.54) is 19.4 Å². The number of rotatable bonds is 3. The van der Waals surface area contributed by atoms with Crippen molar-refractivity contribution in [2.24, 2.45) is 0 Å². The van der Waals surface area contributed by atoms with Crippen LogP contribution in [0, 0.1) is 13.8 Å². The van der Waals surface area contributed by atoms with Crippen LogP contribution in [0.25, 0.3) is 0 Å². The van der Waals surface area contributed by atoms with Gasteiger partial charge in [-0.25, -0.2) is 0 Å². The molecule has 1 aromatic heterocycles. The number of hydrogen-bond donors (Lipinski definition) is 0. The molecule has 0 aromatic carbocycles. The fraction of sp³-hybridized carbons (Fsp3) is 0.733. The lowest BCUT2D eigenvalue weighted by Crippen LogP contribution is -2.52. The standard InChI is InChI=1S/C15H23BrN4O/c1-11-15(16)12(2)20(17-11)7-5-14(21)19-9-8-18-6-3-4-13(18)10-19/h13H,3-10H2,1-2H3. The molecule has 2 fully saturated rings. The minimum Gasteiger partial charge on any atom is -0.340 e. The van der Waals surface area contributed by atoms with Gasteiger partial charge in [0, 0.05) is 37.8 Å². The van der Waals surface area contributed by atoms with Crippen molar-refractivity contribution < 1.29 is 4.79 Å². The lowest BCUT2D eigenvalue weighted by atomic mass is 10.1. The molecule has 1 unspecified atom stereocenters. The molecule has 3 heterocycles. The van der Waals surface area contributed by atoms with Gasteiger partial charge in [0.1, 0.15) is 0 Å². The Morgan fingerprint density at radius 2 is 2.14 bits per heavy atom. The van der Waals surface area contributed by atoms with Crippen LogP contribution < -0.4 is 0 Å². The quantitative estimate of drug-likeness (QED) is 0.832. The fourth-order valence-corrected chi connectivity index (χ4v) is 3.75. The average Bonchev–Trinajstić information content (AvgIpc) is 3.04. The van der Waals surface area contributed by atoms with Crippen LogP contribution in [0.5, 0.6) is 0 Å². The molecule has 0 aliphatic carbocycles. The third-order valence-electron chi connectivity index (χ3n) is 4.77. The predicted octanol–water partition coefficient (Wildman–Crippen LogP) is 1.96. The summed E-state index contributed by atoms with van der Waals surface area (Å²) in [5.41, 5.74) is 2.08. The van der Waals surface area contributed by atoms with E-state index >= 15 is 0 Å². The summed E-state index contributed by atoms with van der Waals surface area (Å²) in [5.74, 6) is 0.269. The van der Waals surface area contributed by atoms with Gasteiger partial charge in [0.2, 0.25) is 5.91 Å². The Kier molecular flexibility index (Phi) is 4.36. The van der Waals surface area contributed by atoms with Crippen LogP contribution in [0.1, 0.15) is 30.7 Å². The maximum atomic E-state index is 12.4. The molecule has 1 amide bonds. The van der Waals surface area contributed by atoms with Crippen molar-refractivity contribution >= 4 is 21.8 Å². The molecular weight excluding hydrogens is 332 g/mol. The van der Waals surface area contributed by atoms with Crippen molar-refractivity contribution in [1.29, 1.82) is 0 Å². The van der Waals surface area contributed by atoms with Crippen molar-refractivity contribution in [1.82, 2.24) is 19.6 Å². The Bertz CT molecular complexity index is 542. The van der Waals surface area contributed by atoms with E-state index in [1.807, 2.05) is 23.4 Å². The maximum absolute atomic E-state index is 12.4. The zero-order valence-electron chi connectivity index (χ0n) is 12.8. The molecule has 0 spiro atoms. The van der Waals surface area contributed by atoms with Crippen molar-refractivity contribution in [3.8, 4) is 0 Å². The number of aromatic nitrogens is 2. The topological polar surface area (TPSA) is 41.4 Å². The van der Waals surface area contributed by atoms with E-state index in [-0.39, 0.29) is 5.91 Å². The van der Waals surface area contributed by atoms with Gasteiger partial charge in [-0.05, 0) is 49.2 Å². The summed E-state index contributed by atoms with van der Waals surface area (Å²) in [4.78, 5) is 17.0. The predicted molar refractivity (Wildman–Crippen MR) is 85.2 cm³/mol. The Morgan fingerprint density at radius 3 is 2.86 bits per heavy atom. The number of halogens is 1. The number of carbonyl (C=O) groups excluding carboxylic acids is 1. The summed E-state index contributed by atoms with van der Waals surface area (Å²) in [6.07, 6.45) is 3.07. The van der Waals surface area contributed by atoms with E-state index in [1.54, 1.807) is 0 Å². The molecule has 1 aromatic rings. The second-order valence-corrected chi connectivity index (χ2v) is 6.92. The first-order valence-electron chi connectivity index (χ1n) is 7.77. The third-order valence-corrected chi connectivity index (χ3v) is 5.92. The summed E-state index contributed by atoms with van der Waals surface area (Å²) in [5, 5.41) is 4.47. The Balaban J connectivity index is 1.55. The Morgan fingerprint density at radius 1 is 1.33 bits per heavy atom. The van der Waals surface area contributed by atoms with E-state index in [2.05, 4.69) is 25.9 Å².